The summed E-state index contributed by atoms with van der Waals surface area (Å²) in [6.45, 7) is 4.02. The minimum Gasteiger partial charge on any atom is -0.493 e. The number of thiol groups is 1. The Labute approximate surface area is 181 Å². The molecule has 1 aliphatic heterocycles. The molecule has 0 bridgehead atoms. The highest BCUT2D eigenvalue weighted by atomic mass is 32.1. The molecular formula is C22H23N3O4S. The van der Waals surface area contributed by atoms with Gasteiger partial charge < -0.3 is 24.4 Å². The minimum atomic E-state index is -0.641. The standard InChI is InChI=1S/C22H23N3O4S/c1-12-6-7-15(8-13(12)2)25-20(24-21(26)16(11-23)22(25)30)14-9-17(27-3)19(29-5)18(10-14)28-4/h6-10,20,30H,1-5H3,(H,24,26). The summed E-state index contributed by atoms with van der Waals surface area (Å²) >= 11 is 4.54. The molecule has 0 spiro atoms. The fraction of sp³-hybridized carbons (Fsp3) is 0.273. The molecule has 0 saturated heterocycles. The fourth-order valence-corrected chi connectivity index (χ4v) is 3.73. The molecule has 0 radical (unpaired) electrons. The summed E-state index contributed by atoms with van der Waals surface area (Å²) in [6.07, 6.45) is -0.641. The second-order valence-electron chi connectivity index (χ2n) is 6.78. The van der Waals surface area contributed by atoms with Gasteiger partial charge in [0.1, 0.15) is 17.8 Å². The molecule has 1 amide bonds. The number of carbonyl (C=O) groups is 1. The van der Waals surface area contributed by atoms with E-state index in [-0.39, 0.29) is 10.6 Å². The number of aryl methyl sites for hydroxylation is 2. The smallest absolute Gasteiger partial charge is 0.266 e. The number of methoxy groups -OCH3 is 3. The van der Waals surface area contributed by atoms with E-state index in [0.29, 0.717) is 22.8 Å². The van der Waals surface area contributed by atoms with Gasteiger partial charge in [-0.2, -0.15) is 5.26 Å². The van der Waals surface area contributed by atoms with Crippen molar-refractivity contribution in [3.8, 4) is 23.3 Å². The summed E-state index contributed by atoms with van der Waals surface area (Å²) in [4.78, 5) is 14.4. The largest absolute Gasteiger partial charge is 0.493 e. The van der Waals surface area contributed by atoms with Crippen molar-refractivity contribution >= 4 is 24.2 Å². The van der Waals surface area contributed by atoms with Gasteiger partial charge in [-0.05, 0) is 49.2 Å². The molecule has 0 fully saturated rings. The number of nitrogens with one attached hydrogen (secondary N) is 1. The zero-order valence-electron chi connectivity index (χ0n) is 17.4. The third-order valence-electron chi connectivity index (χ3n) is 5.09. The maximum atomic E-state index is 12.6. The molecule has 0 saturated carbocycles. The van der Waals surface area contributed by atoms with Crippen LogP contribution in [-0.4, -0.2) is 27.2 Å². The van der Waals surface area contributed by atoms with E-state index < -0.39 is 12.1 Å². The Kier molecular flexibility index (Phi) is 6.13. The van der Waals surface area contributed by atoms with Gasteiger partial charge in [0.05, 0.1) is 26.4 Å². The zero-order chi connectivity index (χ0) is 22.0. The van der Waals surface area contributed by atoms with Crippen molar-refractivity contribution in [2.24, 2.45) is 0 Å². The van der Waals surface area contributed by atoms with E-state index in [1.807, 2.05) is 38.1 Å². The van der Waals surface area contributed by atoms with E-state index in [1.165, 1.54) is 21.3 Å². The normalized spacial score (nSPS) is 16.1. The maximum Gasteiger partial charge on any atom is 0.266 e. The van der Waals surface area contributed by atoms with Crippen molar-refractivity contribution in [3.63, 3.8) is 0 Å². The molecule has 30 heavy (non-hydrogen) atoms. The van der Waals surface area contributed by atoms with Crippen LogP contribution in [0, 0.1) is 25.2 Å². The number of rotatable bonds is 5. The van der Waals surface area contributed by atoms with E-state index in [1.54, 1.807) is 17.0 Å². The number of anilines is 1. The number of carbonyl (C=O) groups excluding carboxylic acids is 1. The summed E-state index contributed by atoms with van der Waals surface area (Å²) in [6, 6.07) is 11.4. The fourth-order valence-electron chi connectivity index (χ4n) is 3.34. The number of benzene rings is 2. The van der Waals surface area contributed by atoms with E-state index in [9.17, 15) is 10.1 Å². The lowest BCUT2D eigenvalue weighted by Gasteiger charge is -2.38. The molecule has 0 aliphatic carbocycles. The molecule has 2 aromatic rings. The van der Waals surface area contributed by atoms with Crippen LogP contribution in [0.4, 0.5) is 5.69 Å². The van der Waals surface area contributed by atoms with Crippen molar-refractivity contribution in [1.82, 2.24) is 5.32 Å². The van der Waals surface area contributed by atoms with Gasteiger partial charge in [0.25, 0.3) is 5.91 Å². The third kappa shape index (κ3) is 3.64. The number of ether oxygens (including phenoxy) is 3. The molecule has 1 aliphatic rings. The second-order valence-corrected chi connectivity index (χ2v) is 7.21. The van der Waals surface area contributed by atoms with E-state index in [0.717, 1.165) is 16.8 Å². The minimum absolute atomic E-state index is 0.0553. The lowest BCUT2D eigenvalue weighted by Crippen LogP contribution is -2.46. The molecule has 7 nitrogen and oxygen atoms in total. The van der Waals surface area contributed by atoms with Crippen molar-refractivity contribution in [1.29, 1.82) is 5.26 Å². The third-order valence-corrected chi connectivity index (χ3v) is 5.53. The Balaban J connectivity index is 2.24. The Morgan fingerprint density at radius 2 is 1.67 bits per heavy atom. The SMILES string of the molecule is COc1cc(C2NC(=O)C(C#N)=C(S)N2c2ccc(C)c(C)c2)cc(OC)c1OC. The second kappa shape index (κ2) is 8.59. The van der Waals surface area contributed by atoms with Crippen molar-refractivity contribution < 1.29 is 19.0 Å². The van der Waals surface area contributed by atoms with Gasteiger partial charge in [0.15, 0.2) is 11.5 Å². The van der Waals surface area contributed by atoms with Crippen LogP contribution < -0.4 is 24.4 Å². The number of hydrogen-bond acceptors (Lipinski definition) is 7. The highest BCUT2D eigenvalue weighted by Crippen LogP contribution is 2.43. The lowest BCUT2D eigenvalue weighted by molar-refractivity contribution is -0.118. The lowest BCUT2D eigenvalue weighted by atomic mass is 10.0. The highest BCUT2D eigenvalue weighted by molar-refractivity contribution is 7.84. The molecule has 1 heterocycles. The van der Waals surface area contributed by atoms with Gasteiger partial charge in [0, 0.05) is 11.3 Å². The molecular weight excluding hydrogens is 402 g/mol. The van der Waals surface area contributed by atoms with Crippen molar-refractivity contribution in [2.45, 2.75) is 20.0 Å². The molecule has 1 atom stereocenters. The summed E-state index contributed by atoms with van der Waals surface area (Å²) in [5.41, 5.74) is 3.62. The number of amides is 1. The van der Waals surface area contributed by atoms with Gasteiger partial charge >= 0.3 is 0 Å². The highest BCUT2D eigenvalue weighted by Gasteiger charge is 2.35. The van der Waals surface area contributed by atoms with Gasteiger partial charge in [0.2, 0.25) is 5.75 Å². The Hall–Kier alpha value is -3.31. The van der Waals surface area contributed by atoms with Crippen LogP contribution in [0.15, 0.2) is 40.9 Å². The number of hydrogen-bond donors (Lipinski definition) is 2. The monoisotopic (exact) mass is 425 g/mol. The topological polar surface area (TPSA) is 83.8 Å². The number of nitrogens with zero attached hydrogens (tertiary/aromatic N) is 2. The molecule has 1 unspecified atom stereocenters. The Morgan fingerprint density at radius 3 is 2.17 bits per heavy atom. The van der Waals surface area contributed by atoms with Crippen molar-refractivity contribution in [3.05, 3.63) is 57.6 Å². The maximum absolute atomic E-state index is 12.6. The summed E-state index contributed by atoms with van der Waals surface area (Å²) in [5, 5.41) is 12.6. The van der Waals surface area contributed by atoms with Crippen LogP contribution in [0.3, 0.4) is 0 Å². The quantitative estimate of drug-likeness (QED) is 0.712. The van der Waals surface area contributed by atoms with Gasteiger partial charge in [-0.3, -0.25) is 4.79 Å². The van der Waals surface area contributed by atoms with E-state index >= 15 is 0 Å². The van der Waals surface area contributed by atoms with Gasteiger partial charge in [-0.25, -0.2) is 0 Å². The summed E-state index contributed by atoms with van der Waals surface area (Å²) < 4.78 is 16.3. The predicted molar refractivity (Wildman–Crippen MR) is 117 cm³/mol. The Bertz CT molecular complexity index is 1050. The molecule has 0 aromatic heterocycles. The van der Waals surface area contributed by atoms with Crippen LogP contribution in [-0.2, 0) is 4.79 Å². The molecule has 1 N–H and O–H groups in total. The first-order valence-electron chi connectivity index (χ1n) is 9.16. The zero-order valence-corrected chi connectivity index (χ0v) is 18.3. The van der Waals surface area contributed by atoms with Crippen LogP contribution in [0.2, 0.25) is 0 Å². The molecule has 8 heteroatoms. The van der Waals surface area contributed by atoms with E-state index in [4.69, 9.17) is 14.2 Å². The van der Waals surface area contributed by atoms with Crippen LogP contribution in [0.25, 0.3) is 0 Å². The van der Waals surface area contributed by atoms with Crippen LogP contribution in [0.5, 0.6) is 17.2 Å². The van der Waals surface area contributed by atoms with E-state index in [2.05, 4.69) is 17.9 Å². The molecule has 3 rings (SSSR count). The Morgan fingerprint density at radius 1 is 1.03 bits per heavy atom. The predicted octanol–water partition coefficient (Wildman–Crippen LogP) is 3.63. The molecule has 2 aromatic carbocycles. The summed E-state index contributed by atoms with van der Waals surface area (Å²) in [5.74, 6) is 0.859. The van der Waals surface area contributed by atoms with Gasteiger partial charge in [-0.1, -0.05) is 6.07 Å². The first-order chi connectivity index (χ1) is 14.4. The average molecular weight is 426 g/mol. The van der Waals surface area contributed by atoms with Gasteiger partial charge in [-0.15, -0.1) is 12.6 Å². The first kappa shape index (κ1) is 21.4. The van der Waals surface area contributed by atoms with Crippen molar-refractivity contribution in [2.75, 3.05) is 26.2 Å². The van der Waals surface area contributed by atoms with Crippen LogP contribution in [0.1, 0.15) is 22.9 Å². The molecule has 156 valence electrons. The first-order valence-corrected chi connectivity index (χ1v) is 9.61. The number of nitriles is 1. The average Bonchev–Trinajstić information content (AvgIpc) is 2.74. The van der Waals surface area contributed by atoms with Crippen LogP contribution >= 0.6 is 12.6 Å². The summed E-state index contributed by atoms with van der Waals surface area (Å²) in [7, 11) is 4.58.